The van der Waals surface area contributed by atoms with Crippen molar-refractivity contribution in [1.82, 2.24) is 0 Å². The van der Waals surface area contributed by atoms with E-state index in [0.29, 0.717) is 12.1 Å². The van der Waals surface area contributed by atoms with Crippen LogP contribution >= 0.6 is 11.6 Å². The second-order valence-corrected chi connectivity index (χ2v) is 3.34. The number of halogens is 5. The highest BCUT2D eigenvalue weighted by molar-refractivity contribution is 6.30. The molecule has 1 rings (SSSR count). The van der Waals surface area contributed by atoms with Gasteiger partial charge in [0.2, 0.25) is 0 Å². The molecule has 0 aliphatic rings. The smallest absolute Gasteiger partial charge is 0.277 e. The normalized spacial score (nSPS) is 11.9. The van der Waals surface area contributed by atoms with Crippen LogP contribution in [0.25, 0.3) is 0 Å². The summed E-state index contributed by atoms with van der Waals surface area (Å²) in [4.78, 5) is 0. The van der Waals surface area contributed by atoms with Gasteiger partial charge in [-0.25, -0.2) is 17.6 Å². The van der Waals surface area contributed by atoms with Gasteiger partial charge < -0.3 is 5.73 Å². The van der Waals surface area contributed by atoms with Crippen molar-refractivity contribution in [3.8, 4) is 0 Å². The van der Waals surface area contributed by atoms with Crippen LogP contribution in [-0.4, -0.2) is 6.54 Å². The van der Waals surface area contributed by atoms with E-state index >= 15 is 0 Å². The second-order valence-electron chi connectivity index (χ2n) is 2.97. The zero-order valence-electron chi connectivity index (χ0n) is 7.54. The molecule has 0 heterocycles. The predicted octanol–water partition coefficient (Wildman–Crippen LogP) is 3.06. The SMILES string of the molecule is NCCC(F)(F)c1ccc(F)c(Cl)c1F. The molecule has 2 N–H and O–H groups in total. The minimum Gasteiger partial charge on any atom is -0.330 e. The summed E-state index contributed by atoms with van der Waals surface area (Å²) in [7, 11) is 0. The van der Waals surface area contributed by atoms with Gasteiger partial charge in [0.25, 0.3) is 5.92 Å². The van der Waals surface area contributed by atoms with Crippen molar-refractivity contribution in [2.75, 3.05) is 6.54 Å². The fraction of sp³-hybridized carbons (Fsp3) is 0.333. The number of hydrogen-bond acceptors (Lipinski definition) is 1. The van der Waals surface area contributed by atoms with Gasteiger partial charge in [-0.05, 0) is 18.7 Å². The highest BCUT2D eigenvalue weighted by Crippen LogP contribution is 2.35. The lowest BCUT2D eigenvalue weighted by atomic mass is 10.0. The average molecular weight is 242 g/mol. The van der Waals surface area contributed by atoms with Gasteiger partial charge >= 0.3 is 0 Å². The molecule has 0 bridgehead atoms. The fourth-order valence-electron chi connectivity index (χ4n) is 1.12. The summed E-state index contributed by atoms with van der Waals surface area (Å²) in [6.45, 7) is -0.304. The molecule has 0 fully saturated rings. The van der Waals surface area contributed by atoms with Crippen LogP contribution in [0.2, 0.25) is 5.02 Å². The van der Waals surface area contributed by atoms with Crippen LogP contribution in [0.5, 0.6) is 0 Å². The van der Waals surface area contributed by atoms with Crippen LogP contribution < -0.4 is 5.73 Å². The molecule has 1 nitrogen and oxygen atoms in total. The monoisotopic (exact) mass is 241 g/mol. The van der Waals surface area contributed by atoms with Crippen molar-refractivity contribution in [1.29, 1.82) is 0 Å². The van der Waals surface area contributed by atoms with E-state index in [1.54, 1.807) is 0 Å². The van der Waals surface area contributed by atoms with Crippen molar-refractivity contribution >= 4 is 11.6 Å². The molecule has 0 spiro atoms. The lowest BCUT2D eigenvalue weighted by Crippen LogP contribution is -2.20. The molecule has 0 saturated carbocycles. The van der Waals surface area contributed by atoms with E-state index in [-0.39, 0.29) is 6.54 Å². The topological polar surface area (TPSA) is 26.0 Å². The van der Waals surface area contributed by atoms with Gasteiger partial charge in [0, 0.05) is 6.42 Å². The van der Waals surface area contributed by atoms with Gasteiger partial charge in [-0.3, -0.25) is 0 Å². The summed E-state index contributed by atoms with van der Waals surface area (Å²) in [5.74, 6) is -5.94. The van der Waals surface area contributed by atoms with Gasteiger partial charge in [0.05, 0.1) is 5.56 Å². The molecule has 15 heavy (non-hydrogen) atoms. The van der Waals surface area contributed by atoms with Gasteiger partial charge in [-0.15, -0.1) is 0 Å². The van der Waals surface area contributed by atoms with Crippen molar-refractivity contribution in [2.45, 2.75) is 12.3 Å². The summed E-state index contributed by atoms with van der Waals surface area (Å²) in [6.07, 6.45) is -0.716. The third-order valence-corrected chi connectivity index (χ3v) is 2.23. The summed E-state index contributed by atoms with van der Waals surface area (Å²) in [6, 6.07) is 1.37. The van der Waals surface area contributed by atoms with E-state index in [1.807, 2.05) is 0 Å². The Kier molecular flexibility index (Phi) is 3.57. The Bertz CT molecular complexity index is 367. The first kappa shape index (κ1) is 12.3. The van der Waals surface area contributed by atoms with E-state index in [1.165, 1.54) is 0 Å². The Morgan fingerprint density at radius 3 is 2.40 bits per heavy atom. The van der Waals surface area contributed by atoms with Crippen LogP contribution in [0.1, 0.15) is 12.0 Å². The van der Waals surface area contributed by atoms with Gasteiger partial charge in [-0.1, -0.05) is 11.6 Å². The molecule has 0 aromatic heterocycles. The Labute approximate surface area is 88.8 Å². The number of nitrogens with two attached hydrogens (primary N) is 1. The fourth-order valence-corrected chi connectivity index (χ4v) is 1.29. The molecular weight excluding hydrogens is 234 g/mol. The maximum atomic E-state index is 13.2. The second kappa shape index (κ2) is 4.37. The molecule has 0 atom stereocenters. The average Bonchev–Trinajstić information content (AvgIpc) is 2.13. The van der Waals surface area contributed by atoms with Crippen molar-refractivity contribution in [3.63, 3.8) is 0 Å². The summed E-state index contributed by atoms with van der Waals surface area (Å²) in [5.41, 5.74) is 4.03. The molecule has 0 unspecified atom stereocenters. The van der Waals surface area contributed by atoms with Crippen LogP contribution in [-0.2, 0) is 5.92 Å². The quantitative estimate of drug-likeness (QED) is 0.639. The molecule has 6 heteroatoms. The minimum atomic E-state index is -3.43. The molecule has 1 aromatic carbocycles. The van der Waals surface area contributed by atoms with E-state index in [0.717, 1.165) is 0 Å². The molecule has 0 aliphatic heterocycles. The van der Waals surface area contributed by atoms with Crippen molar-refractivity contribution in [2.24, 2.45) is 5.73 Å². The third-order valence-electron chi connectivity index (χ3n) is 1.89. The first-order valence-corrected chi connectivity index (χ1v) is 4.50. The Hall–Kier alpha value is -0.810. The van der Waals surface area contributed by atoms with Crippen LogP contribution in [0.15, 0.2) is 12.1 Å². The number of alkyl halides is 2. The molecule has 0 radical (unpaired) electrons. The van der Waals surface area contributed by atoms with E-state index in [9.17, 15) is 17.6 Å². The van der Waals surface area contributed by atoms with Crippen LogP contribution in [0, 0.1) is 11.6 Å². The van der Waals surface area contributed by atoms with Gasteiger partial charge in [0.1, 0.15) is 10.8 Å². The zero-order chi connectivity index (χ0) is 11.6. The predicted molar refractivity (Wildman–Crippen MR) is 48.9 cm³/mol. The lowest BCUT2D eigenvalue weighted by Gasteiger charge is -2.16. The number of hydrogen-bond donors (Lipinski definition) is 1. The summed E-state index contributed by atoms with van der Waals surface area (Å²) >= 11 is 5.17. The molecule has 0 amide bonds. The Morgan fingerprint density at radius 1 is 1.27 bits per heavy atom. The minimum absolute atomic E-state index is 0.304. The molecule has 1 aromatic rings. The molecule has 0 saturated heterocycles. The van der Waals surface area contributed by atoms with Crippen molar-refractivity contribution in [3.05, 3.63) is 34.4 Å². The first-order chi connectivity index (χ1) is 6.90. The maximum Gasteiger partial charge on any atom is 0.277 e. The third kappa shape index (κ3) is 2.41. The van der Waals surface area contributed by atoms with Gasteiger partial charge in [0.15, 0.2) is 5.82 Å². The van der Waals surface area contributed by atoms with Gasteiger partial charge in [-0.2, -0.15) is 0 Å². The van der Waals surface area contributed by atoms with Crippen LogP contribution in [0.3, 0.4) is 0 Å². The maximum absolute atomic E-state index is 13.2. The van der Waals surface area contributed by atoms with E-state index in [4.69, 9.17) is 17.3 Å². The molecular formula is C9H8ClF4N. The lowest BCUT2D eigenvalue weighted by molar-refractivity contribution is -0.0141. The largest absolute Gasteiger partial charge is 0.330 e. The molecule has 0 aliphatic carbocycles. The Morgan fingerprint density at radius 2 is 1.87 bits per heavy atom. The van der Waals surface area contributed by atoms with E-state index in [2.05, 4.69) is 0 Å². The van der Waals surface area contributed by atoms with Crippen molar-refractivity contribution < 1.29 is 17.6 Å². The Balaban J connectivity index is 3.21. The van der Waals surface area contributed by atoms with E-state index < -0.39 is 34.6 Å². The standard InChI is InChI=1S/C9H8ClF4N/c10-7-6(11)2-1-5(8(7)12)9(13,14)3-4-15/h1-2H,3-4,15H2. The highest BCUT2D eigenvalue weighted by Gasteiger charge is 2.34. The number of rotatable bonds is 3. The first-order valence-electron chi connectivity index (χ1n) is 4.12. The highest BCUT2D eigenvalue weighted by atomic mass is 35.5. The number of benzene rings is 1. The zero-order valence-corrected chi connectivity index (χ0v) is 8.29. The summed E-state index contributed by atoms with van der Waals surface area (Å²) in [5, 5.41) is -0.927. The summed E-state index contributed by atoms with van der Waals surface area (Å²) < 4.78 is 52.3. The molecule has 84 valence electrons. The van der Waals surface area contributed by atoms with Crippen LogP contribution in [0.4, 0.5) is 17.6 Å².